The van der Waals surface area contributed by atoms with Gasteiger partial charge < -0.3 is 4.57 Å². The summed E-state index contributed by atoms with van der Waals surface area (Å²) in [7, 11) is -3.01. The van der Waals surface area contributed by atoms with Crippen molar-refractivity contribution in [3.8, 4) is 0 Å². The Bertz CT molecular complexity index is 679. The maximum Gasteiger partial charge on any atom is 0.151 e. The maximum atomic E-state index is 11.6. The molecule has 2 rings (SSSR count). The van der Waals surface area contributed by atoms with E-state index in [2.05, 4.69) is 9.97 Å². The van der Waals surface area contributed by atoms with Crippen molar-refractivity contribution in [2.75, 3.05) is 11.5 Å². The average Bonchev–Trinajstić information content (AvgIpc) is 2.75. The molecule has 0 radical (unpaired) electrons. The second kappa shape index (κ2) is 5.46. The smallest absolute Gasteiger partial charge is 0.151 e. The van der Waals surface area contributed by atoms with E-state index in [1.54, 1.807) is 19.3 Å². The highest BCUT2D eigenvalue weighted by molar-refractivity contribution is 7.91. The number of nitrogens with zero attached hydrogens (tertiary/aromatic N) is 3. The fourth-order valence-electron chi connectivity index (χ4n) is 1.91. The van der Waals surface area contributed by atoms with Gasteiger partial charge in [-0.2, -0.15) is 0 Å². The molecule has 0 aliphatic carbocycles. The van der Waals surface area contributed by atoms with Crippen molar-refractivity contribution in [1.82, 2.24) is 14.5 Å². The lowest BCUT2D eigenvalue weighted by Crippen LogP contribution is -2.16. The first-order valence-electron chi connectivity index (χ1n) is 6.09. The molecular weight excluding hydrogens is 286 g/mol. The molecule has 2 heterocycles. The van der Waals surface area contributed by atoms with Crippen molar-refractivity contribution < 1.29 is 8.42 Å². The Morgan fingerprint density at radius 3 is 2.84 bits per heavy atom. The molecule has 0 saturated heterocycles. The van der Waals surface area contributed by atoms with E-state index in [1.165, 1.54) is 0 Å². The van der Waals surface area contributed by atoms with Gasteiger partial charge in [0.2, 0.25) is 0 Å². The minimum absolute atomic E-state index is 0.0912. The van der Waals surface area contributed by atoms with Gasteiger partial charge in [0, 0.05) is 18.5 Å². The predicted octanol–water partition coefficient (Wildman–Crippen LogP) is 2.17. The fraction of sp³-hybridized carbons (Fsp3) is 0.500. The van der Waals surface area contributed by atoms with Crippen molar-refractivity contribution in [3.63, 3.8) is 0 Å². The van der Waals surface area contributed by atoms with Gasteiger partial charge >= 0.3 is 0 Å². The zero-order valence-corrected chi connectivity index (χ0v) is 12.4. The SMILES string of the molecule is CCS(=O)(=O)CCn1c(C(C)Cl)nc2cnccc21. The second-order valence-corrected chi connectivity index (χ2v) is 7.47. The number of rotatable bonds is 5. The molecule has 0 spiro atoms. The molecule has 0 aliphatic rings. The minimum Gasteiger partial charge on any atom is -0.326 e. The third-order valence-electron chi connectivity index (χ3n) is 3.00. The van der Waals surface area contributed by atoms with Crippen LogP contribution in [0, 0.1) is 0 Å². The van der Waals surface area contributed by atoms with Crippen molar-refractivity contribution in [2.45, 2.75) is 25.8 Å². The zero-order chi connectivity index (χ0) is 14.0. The van der Waals surface area contributed by atoms with Crippen LogP contribution in [0.3, 0.4) is 0 Å². The summed E-state index contributed by atoms with van der Waals surface area (Å²) in [5.41, 5.74) is 1.60. The molecule has 0 amide bonds. The number of imidazole rings is 1. The average molecular weight is 302 g/mol. The minimum atomic E-state index is -3.01. The molecule has 0 aromatic carbocycles. The van der Waals surface area contributed by atoms with E-state index in [0.29, 0.717) is 12.4 Å². The molecular formula is C12H16ClN3O2S. The van der Waals surface area contributed by atoms with Crippen molar-refractivity contribution in [1.29, 1.82) is 0 Å². The van der Waals surface area contributed by atoms with E-state index in [9.17, 15) is 8.42 Å². The van der Waals surface area contributed by atoms with Crippen LogP contribution in [-0.4, -0.2) is 34.5 Å². The molecule has 7 heteroatoms. The lowest BCUT2D eigenvalue weighted by atomic mass is 10.4. The van der Waals surface area contributed by atoms with Gasteiger partial charge in [0.05, 0.1) is 22.8 Å². The molecule has 104 valence electrons. The highest BCUT2D eigenvalue weighted by Crippen LogP contribution is 2.24. The fourth-order valence-corrected chi connectivity index (χ4v) is 2.83. The van der Waals surface area contributed by atoms with Crippen LogP contribution in [0.5, 0.6) is 0 Å². The van der Waals surface area contributed by atoms with Crippen molar-refractivity contribution in [3.05, 3.63) is 24.3 Å². The highest BCUT2D eigenvalue weighted by atomic mass is 35.5. The molecule has 1 atom stereocenters. The zero-order valence-electron chi connectivity index (χ0n) is 10.9. The molecule has 0 fully saturated rings. The quantitative estimate of drug-likeness (QED) is 0.794. The molecule has 0 aliphatic heterocycles. The Morgan fingerprint density at radius 1 is 1.47 bits per heavy atom. The maximum absolute atomic E-state index is 11.6. The Morgan fingerprint density at radius 2 is 2.21 bits per heavy atom. The van der Waals surface area contributed by atoms with E-state index < -0.39 is 9.84 Å². The molecule has 0 bridgehead atoms. The number of alkyl halides is 1. The van der Waals surface area contributed by atoms with E-state index in [0.717, 1.165) is 11.0 Å². The van der Waals surface area contributed by atoms with Crippen LogP contribution in [0.15, 0.2) is 18.5 Å². The van der Waals surface area contributed by atoms with Crippen LogP contribution in [-0.2, 0) is 16.4 Å². The Hall–Kier alpha value is -1.14. The van der Waals surface area contributed by atoms with Crippen LogP contribution >= 0.6 is 11.6 Å². The summed E-state index contributed by atoms with van der Waals surface area (Å²) >= 11 is 6.11. The first-order chi connectivity index (χ1) is 8.94. The molecule has 2 aromatic rings. The number of halogens is 1. The van der Waals surface area contributed by atoms with Gasteiger partial charge in [-0.3, -0.25) is 4.98 Å². The number of hydrogen-bond donors (Lipinski definition) is 0. The van der Waals surface area contributed by atoms with Crippen LogP contribution in [0.1, 0.15) is 25.0 Å². The van der Waals surface area contributed by atoms with E-state index in [4.69, 9.17) is 11.6 Å². The van der Waals surface area contributed by atoms with E-state index in [1.807, 2.05) is 17.6 Å². The first-order valence-corrected chi connectivity index (χ1v) is 8.35. The summed E-state index contributed by atoms with van der Waals surface area (Å²) in [6.07, 6.45) is 3.32. The monoisotopic (exact) mass is 301 g/mol. The number of fused-ring (bicyclic) bond motifs is 1. The van der Waals surface area contributed by atoms with E-state index >= 15 is 0 Å². The summed E-state index contributed by atoms with van der Waals surface area (Å²) in [6, 6.07) is 1.82. The number of sulfone groups is 1. The Kier molecular flexibility index (Phi) is 4.10. The Labute approximate surface area is 117 Å². The molecule has 2 aromatic heterocycles. The van der Waals surface area contributed by atoms with Gasteiger partial charge in [-0.05, 0) is 13.0 Å². The Balaban J connectivity index is 2.42. The molecule has 0 saturated carbocycles. The largest absolute Gasteiger partial charge is 0.326 e. The second-order valence-electron chi connectivity index (χ2n) is 4.34. The summed E-state index contributed by atoms with van der Waals surface area (Å²) in [6.45, 7) is 3.83. The highest BCUT2D eigenvalue weighted by Gasteiger charge is 2.17. The van der Waals surface area contributed by atoms with Crippen LogP contribution in [0.25, 0.3) is 11.0 Å². The van der Waals surface area contributed by atoms with Gasteiger partial charge in [0.1, 0.15) is 11.3 Å². The summed E-state index contributed by atoms with van der Waals surface area (Å²) < 4.78 is 25.1. The summed E-state index contributed by atoms with van der Waals surface area (Å²) in [4.78, 5) is 8.43. The lowest BCUT2D eigenvalue weighted by molar-refractivity contribution is 0.589. The van der Waals surface area contributed by atoms with Crippen LogP contribution in [0.4, 0.5) is 0 Å². The van der Waals surface area contributed by atoms with Crippen molar-refractivity contribution in [2.24, 2.45) is 0 Å². The third-order valence-corrected chi connectivity index (χ3v) is 4.88. The molecule has 1 unspecified atom stereocenters. The van der Waals surface area contributed by atoms with Gasteiger partial charge in [0.25, 0.3) is 0 Å². The van der Waals surface area contributed by atoms with Crippen LogP contribution in [0.2, 0.25) is 0 Å². The lowest BCUT2D eigenvalue weighted by Gasteiger charge is -2.10. The molecule has 0 N–H and O–H groups in total. The number of aromatic nitrogens is 3. The summed E-state index contributed by atoms with van der Waals surface area (Å²) in [5.74, 6) is 0.914. The molecule has 5 nitrogen and oxygen atoms in total. The normalized spacial score (nSPS) is 13.8. The number of aryl methyl sites for hydroxylation is 1. The van der Waals surface area contributed by atoms with Gasteiger partial charge in [-0.15, -0.1) is 11.6 Å². The number of pyridine rings is 1. The van der Waals surface area contributed by atoms with Crippen LogP contribution < -0.4 is 0 Å². The predicted molar refractivity (Wildman–Crippen MR) is 76.1 cm³/mol. The third kappa shape index (κ3) is 3.06. The van der Waals surface area contributed by atoms with Gasteiger partial charge in [-0.1, -0.05) is 6.92 Å². The molecule has 19 heavy (non-hydrogen) atoms. The van der Waals surface area contributed by atoms with Gasteiger partial charge in [-0.25, -0.2) is 13.4 Å². The topological polar surface area (TPSA) is 64.8 Å². The standard InChI is InChI=1S/C12H16ClN3O2S/c1-3-19(17,18)7-6-16-11-4-5-14-8-10(11)15-12(16)9(2)13/h4-5,8-9H,3,6-7H2,1-2H3. The van der Waals surface area contributed by atoms with E-state index in [-0.39, 0.29) is 16.9 Å². The number of hydrogen-bond acceptors (Lipinski definition) is 4. The van der Waals surface area contributed by atoms with Gasteiger partial charge in [0.15, 0.2) is 9.84 Å². The first kappa shape index (κ1) is 14.3. The summed E-state index contributed by atoms with van der Waals surface area (Å²) in [5, 5.41) is -0.281. The van der Waals surface area contributed by atoms with Crippen molar-refractivity contribution >= 4 is 32.5 Å².